The molecular formula is C12H18BrNO2. The predicted molar refractivity (Wildman–Crippen MR) is 68.7 cm³/mol. The number of hydrogen-bond acceptors (Lipinski definition) is 3. The lowest BCUT2D eigenvalue weighted by Gasteiger charge is -2.14. The highest BCUT2D eigenvalue weighted by molar-refractivity contribution is 9.10. The molecule has 3 nitrogen and oxygen atoms in total. The van der Waals surface area contributed by atoms with E-state index in [1.165, 1.54) is 0 Å². The van der Waals surface area contributed by atoms with Crippen LogP contribution in [0.3, 0.4) is 0 Å². The highest BCUT2D eigenvalue weighted by atomic mass is 79.9. The van der Waals surface area contributed by atoms with E-state index in [9.17, 15) is 5.11 Å². The fourth-order valence-corrected chi connectivity index (χ4v) is 2.15. The largest absolute Gasteiger partial charge is 0.507 e. The Hall–Kier alpha value is -0.580. The second-order valence-electron chi connectivity index (χ2n) is 3.97. The lowest BCUT2D eigenvalue weighted by Crippen LogP contribution is -2.29. The quantitative estimate of drug-likeness (QED) is 0.875. The van der Waals surface area contributed by atoms with Gasteiger partial charge in [-0.1, -0.05) is 15.9 Å². The van der Waals surface area contributed by atoms with Gasteiger partial charge >= 0.3 is 0 Å². The molecular weight excluding hydrogens is 270 g/mol. The molecule has 0 saturated heterocycles. The maximum atomic E-state index is 9.87. The average Bonchev–Trinajstić information content (AvgIpc) is 2.21. The van der Waals surface area contributed by atoms with Gasteiger partial charge in [-0.25, -0.2) is 0 Å². The van der Waals surface area contributed by atoms with E-state index in [-0.39, 0.29) is 6.04 Å². The Kier molecular flexibility index (Phi) is 5.25. The molecule has 0 amide bonds. The number of ether oxygens (including phenoxy) is 1. The molecule has 90 valence electrons. The van der Waals surface area contributed by atoms with Crippen LogP contribution in [0.2, 0.25) is 0 Å². The molecule has 0 fully saturated rings. The highest BCUT2D eigenvalue weighted by Gasteiger charge is 2.07. The number of aromatic hydroxyl groups is 1. The summed E-state index contributed by atoms with van der Waals surface area (Å²) in [6.45, 7) is 5.23. The Morgan fingerprint density at radius 1 is 1.50 bits per heavy atom. The van der Waals surface area contributed by atoms with Gasteiger partial charge in [-0.3, -0.25) is 0 Å². The summed E-state index contributed by atoms with van der Waals surface area (Å²) in [5.74, 6) is 0.361. The van der Waals surface area contributed by atoms with Crippen LogP contribution in [0.4, 0.5) is 0 Å². The third-order valence-electron chi connectivity index (χ3n) is 2.40. The van der Waals surface area contributed by atoms with Crippen LogP contribution in [0.5, 0.6) is 5.75 Å². The van der Waals surface area contributed by atoms with Gasteiger partial charge in [0, 0.05) is 29.7 Å². The van der Waals surface area contributed by atoms with Crippen LogP contribution in [0.15, 0.2) is 16.6 Å². The summed E-state index contributed by atoms with van der Waals surface area (Å²) >= 11 is 3.42. The Morgan fingerprint density at radius 2 is 2.19 bits per heavy atom. The molecule has 0 heterocycles. The molecule has 0 aromatic heterocycles. The summed E-state index contributed by atoms with van der Waals surface area (Å²) in [6.07, 6.45) is 0. The second-order valence-corrected chi connectivity index (χ2v) is 4.88. The number of hydrogen-bond donors (Lipinski definition) is 2. The van der Waals surface area contributed by atoms with E-state index in [0.29, 0.717) is 18.9 Å². The van der Waals surface area contributed by atoms with Crippen LogP contribution in [-0.2, 0) is 11.3 Å². The minimum Gasteiger partial charge on any atom is -0.507 e. The van der Waals surface area contributed by atoms with Crippen molar-refractivity contribution in [2.75, 3.05) is 13.7 Å². The molecule has 0 radical (unpaired) electrons. The Bertz CT molecular complexity index is 355. The molecule has 0 spiro atoms. The van der Waals surface area contributed by atoms with Crippen molar-refractivity contribution in [3.63, 3.8) is 0 Å². The monoisotopic (exact) mass is 287 g/mol. The number of rotatable bonds is 5. The van der Waals surface area contributed by atoms with Crippen LogP contribution in [0, 0.1) is 6.92 Å². The molecule has 1 unspecified atom stereocenters. The molecule has 4 heteroatoms. The zero-order valence-electron chi connectivity index (χ0n) is 9.88. The Morgan fingerprint density at radius 3 is 2.81 bits per heavy atom. The SMILES string of the molecule is COCC(C)NCc1cc(Br)cc(C)c1O. The van der Waals surface area contributed by atoms with Gasteiger partial charge in [0.05, 0.1) is 6.61 Å². The lowest BCUT2D eigenvalue weighted by atomic mass is 10.1. The second kappa shape index (κ2) is 6.23. The summed E-state index contributed by atoms with van der Waals surface area (Å²) < 4.78 is 6.02. The van der Waals surface area contributed by atoms with Crippen LogP contribution in [0.1, 0.15) is 18.1 Å². The van der Waals surface area contributed by atoms with Crippen LogP contribution >= 0.6 is 15.9 Å². The van der Waals surface area contributed by atoms with Crippen molar-refractivity contribution >= 4 is 15.9 Å². The molecule has 2 N–H and O–H groups in total. The summed E-state index contributed by atoms with van der Waals surface area (Å²) in [7, 11) is 1.68. The van der Waals surface area contributed by atoms with Gasteiger partial charge in [0.1, 0.15) is 5.75 Å². The summed E-state index contributed by atoms with van der Waals surface area (Å²) in [4.78, 5) is 0. The molecule has 0 saturated carbocycles. The van der Waals surface area contributed by atoms with Gasteiger partial charge in [-0.05, 0) is 31.5 Å². The minimum atomic E-state index is 0.267. The van der Waals surface area contributed by atoms with E-state index in [2.05, 4.69) is 21.2 Å². The fourth-order valence-electron chi connectivity index (χ4n) is 1.53. The van der Waals surface area contributed by atoms with Gasteiger partial charge in [-0.15, -0.1) is 0 Å². The lowest BCUT2D eigenvalue weighted by molar-refractivity contribution is 0.171. The van der Waals surface area contributed by atoms with Gasteiger partial charge < -0.3 is 15.2 Å². The average molecular weight is 288 g/mol. The van der Waals surface area contributed by atoms with Crippen LogP contribution in [0.25, 0.3) is 0 Å². The first-order valence-electron chi connectivity index (χ1n) is 5.25. The molecule has 0 aliphatic heterocycles. The third kappa shape index (κ3) is 3.77. The Labute approximate surface area is 105 Å². The van der Waals surface area contributed by atoms with Gasteiger partial charge in [0.2, 0.25) is 0 Å². The summed E-state index contributed by atoms with van der Waals surface area (Å²) in [5.41, 5.74) is 1.78. The number of methoxy groups -OCH3 is 1. The Balaban J connectivity index is 2.66. The molecule has 1 aromatic rings. The van der Waals surface area contributed by atoms with Crippen LogP contribution < -0.4 is 5.32 Å². The van der Waals surface area contributed by atoms with E-state index in [0.717, 1.165) is 15.6 Å². The first kappa shape index (κ1) is 13.5. The molecule has 1 atom stereocenters. The summed E-state index contributed by atoms with van der Waals surface area (Å²) in [6, 6.07) is 4.09. The van der Waals surface area contributed by atoms with E-state index in [4.69, 9.17) is 4.74 Å². The standard InChI is InChI=1S/C12H18BrNO2/c1-8-4-11(13)5-10(12(8)15)6-14-9(2)7-16-3/h4-5,9,14-15H,6-7H2,1-3H3. The van der Waals surface area contributed by atoms with Gasteiger partial charge in [0.25, 0.3) is 0 Å². The number of nitrogens with one attached hydrogen (secondary N) is 1. The van der Waals surface area contributed by atoms with Crippen molar-refractivity contribution in [2.45, 2.75) is 26.4 Å². The van der Waals surface area contributed by atoms with Crippen LogP contribution in [-0.4, -0.2) is 24.9 Å². The number of phenolic OH excluding ortho intramolecular Hbond substituents is 1. The van der Waals surface area contributed by atoms with Gasteiger partial charge in [-0.2, -0.15) is 0 Å². The maximum absolute atomic E-state index is 9.87. The predicted octanol–water partition coefficient (Wildman–Crippen LogP) is 2.59. The highest BCUT2D eigenvalue weighted by Crippen LogP contribution is 2.26. The van der Waals surface area contributed by atoms with Crippen molar-refractivity contribution in [1.82, 2.24) is 5.32 Å². The molecule has 1 aromatic carbocycles. The van der Waals surface area contributed by atoms with E-state index < -0.39 is 0 Å². The van der Waals surface area contributed by atoms with Crippen molar-refractivity contribution < 1.29 is 9.84 Å². The third-order valence-corrected chi connectivity index (χ3v) is 2.86. The maximum Gasteiger partial charge on any atom is 0.123 e. The van der Waals surface area contributed by atoms with Crippen molar-refractivity contribution in [2.24, 2.45) is 0 Å². The molecule has 0 bridgehead atoms. The number of aryl methyl sites for hydroxylation is 1. The molecule has 16 heavy (non-hydrogen) atoms. The first-order chi connectivity index (χ1) is 7.54. The minimum absolute atomic E-state index is 0.267. The number of benzene rings is 1. The van der Waals surface area contributed by atoms with Crippen molar-refractivity contribution in [1.29, 1.82) is 0 Å². The number of halogens is 1. The smallest absolute Gasteiger partial charge is 0.123 e. The fraction of sp³-hybridized carbons (Fsp3) is 0.500. The van der Waals surface area contributed by atoms with Crippen molar-refractivity contribution in [3.05, 3.63) is 27.7 Å². The summed E-state index contributed by atoms with van der Waals surface area (Å²) in [5, 5.41) is 13.2. The van der Waals surface area contributed by atoms with E-state index >= 15 is 0 Å². The van der Waals surface area contributed by atoms with E-state index in [1.54, 1.807) is 7.11 Å². The first-order valence-corrected chi connectivity index (χ1v) is 6.04. The molecule has 0 aliphatic carbocycles. The molecule has 1 rings (SSSR count). The molecule has 0 aliphatic rings. The number of phenols is 1. The van der Waals surface area contributed by atoms with E-state index in [1.807, 2.05) is 26.0 Å². The zero-order chi connectivity index (χ0) is 12.1. The normalized spacial score (nSPS) is 12.8. The van der Waals surface area contributed by atoms with Crippen molar-refractivity contribution in [3.8, 4) is 5.75 Å². The zero-order valence-corrected chi connectivity index (χ0v) is 11.5. The van der Waals surface area contributed by atoms with Gasteiger partial charge in [0.15, 0.2) is 0 Å². The topological polar surface area (TPSA) is 41.5 Å².